The van der Waals surface area contributed by atoms with Crippen LogP contribution in [0.2, 0.25) is 0 Å². The van der Waals surface area contributed by atoms with Gasteiger partial charge in [-0.25, -0.2) is 0 Å². The molecule has 4 nitrogen and oxygen atoms in total. The number of rotatable bonds is 2. The lowest BCUT2D eigenvalue weighted by Gasteiger charge is -2.08. The number of aromatic nitrogens is 2. The quantitative estimate of drug-likeness (QED) is 0.722. The number of fused-ring (bicyclic) bond motifs is 1. The van der Waals surface area contributed by atoms with Gasteiger partial charge in [0.15, 0.2) is 0 Å². The van der Waals surface area contributed by atoms with Gasteiger partial charge in [0.2, 0.25) is 0 Å². The highest BCUT2D eigenvalue weighted by molar-refractivity contribution is 5.97. The van der Waals surface area contributed by atoms with Crippen molar-refractivity contribution in [1.29, 1.82) is 0 Å². The molecule has 0 bridgehead atoms. The van der Waals surface area contributed by atoms with Crippen LogP contribution in [0.25, 0.3) is 22.0 Å². The van der Waals surface area contributed by atoms with E-state index in [1.165, 1.54) is 0 Å². The Bertz CT molecular complexity index is 703. The molecule has 4 heteroatoms. The van der Waals surface area contributed by atoms with Crippen molar-refractivity contribution in [2.75, 3.05) is 12.8 Å². The molecule has 0 saturated carbocycles. The average Bonchev–Trinajstić information content (AvgIpc) is 2.84. The summed E-state index contributed by atoms with van der Waals surface area (Å²) in [6.45, 7) is 0. The highest BCUT2D eigenvalue weighted by Gasteiger charge is 2.08. The fourth-order valence-electron chi connectivity index (χ4n) is 2.10. The third-order valence-corrected chi connectivity index (χ3v) is 2.96. The molecule has 1 heterocycles. The van der Waals surface area contributed by atoms with Crippen LogP contribution in [0.15, 0.2) is 42.5 Å². The summed E-state index contributed by atoms with van der Waals surface area (Å²) in [5.74, 6) is 1.30. The number of nitrogens with zero attached hydrogens (tertiary/aromatic N) is 1. The van der Waals surface area contributed by atoms with E-state index >= 15 is 0 Å². The predicted octanol–water partition coefficient (Wildman–Crippen LogP) is 2.82. The maximum Gasteiger partial charge on any atom is 0.145 e. The van der Waals surface area contributed by atoms with Gasteiger partial charge < -0.3 is 10.5 Å². The van der Waals surface area contributed by atoms with E-state index < -0.39 is 0 Å². The van der Waals surface area contributed by atoms with Crippen molar-refractivity contribution in [3.8, 4) is 17.0 Å². The summed E-state index contributed by atoms with van der Waals surface area (Å²) in [5.41, 5.74) is 7.58. The first kappa shape index (κ1) is 10.7. The smallest absolute Gasteiger partial charge is 0.145 e. The first-order valence-electron chi connectivity index (χ1n) is 5.66. The SMILES string of the molecule is COc1cc(-c2cc(N)n[nH]2)c2ccccc2c1. The van der Waals surface area contributed by atoms with Crippen molar-refractivity contribution >= 4 is 16.6 Å². The fraction of sp³-hybridized carbons (Fsp3) is 0.0714. The van der Waals surface area contributed by atoms with E-state index in [0.29, 0.717) is 5.82 Å². The summed E-state index contributed by atoms with van der Waals surface area (Å²) in [6.07, 6.45) is 0. The first-order valence-corrected chi connectivity index (χ1v) is 5.66. The Balaban J connectivity index is 2.32. The molecule has 0 saturated heterocycles. The molecule has 0 radical (unpaired) electrons. The van der Waals surface area contributed by atoms with E-state index in [1.807, 2.05) is 30.3 Å². The van der Waals surface area contributed by atoms with Crippen LogP contribution >= 0.6 is 0 Å². The van der Waals surface area contributed by atoms with Crippen LogP contribution in [0.1, 0.15) is 0 Å². The van der Waals surface area contributed by atoms with Gasteiger partial charge in [-0.05, 0) is 22.9 Å². The Morgan fingerprint density at radius 2 is 2.00 bits per heavy atom. The van der Waals surface area contributed by atoms with E-state index in [-0.39, 0.29) is 0 Å². The highest BCUT2D eigenvalue weighted by atomic mass is 16.5. The number of nitrogens with two attached hydrogens (primary N) is 1. The molecule has 0 amide bonds. The van der Waals surface area contributed by atoms with E-state index in [1.54, 1.807) is 7.11 Å². The van der Waals surface area contributed by atoms with Gasteiger partial charge >= 0.3 is 0 Å². The Kier molecular flexibility index (Phi) is 2.41. The van der Waals surface area contributed by atoms with Crippen LogP contribution in [0, 0.1) is 0 Å². The number of H-pyrrole nitrogens is 1. The number of aromatic amines is 1. The molecule has 0 spiro atoms. The minimum atomic E-state index is 0.483. The maximum absolute atomic E-state index is 5.66. The van der Waals surface area contributed by atoms with Gasteiger partial charge in [-0.15, -0.1) is 0 Å². The Morgan fingerprint density at radius 1 is 1.17 bits per heavy atom. The monoisotopic (exact) mass is 239 g/mol. The van der Waals surface area contributed by atoms with Gasteiger partial charge in [0.25, 0.3) is 0 Å². The molecule has 2 aromatic carbocycles. The topological polar surface area (TPSA) is 63.9 Å². The molecule has 3 aromatic rings. The second-order valence-electron chi connectivity index (χ2n) is 4.10. The molecule has 1 aromatic heterocycles. The highest BCUT2D eigenvalue weighted by Crippen LogP contribution is 2.32. The van der Waals surface area contributed by atoms with Crippen LogP contribution in [0.5, 0.6) is 5.75 Å². The third kappa shape index (κ3) is 1.68. The number of anilines is 1. The van der Waals surface area contributed by atoms with Crippen molar-refractivity contribution in [2.24, 2.45) is 0 Å². The minimum Gasteiger partial charge on any atom is -0.497 e. The number of methoxy groups -OCH3 is 1. The molecule has 18 heavy (non-hydrogen) atoms. The number of nitrogen functional groups attached to an aromatic ring is 1. The van der Waals surface area contributed by atoms with Crippen LogP contribution in [0.4, 0.5) is 5.82 Å². The minimum absolute atomic E-state index is 0.483. The third-order valence-electron chi connectivity index (χ3n) is 2.96. The molecule has 0 unspecified atom stereocenters. The van der Waals surface area contributed by atoms with E-state index in [4.69, 9.17) is 10.5 Å². The van der Waals surface area contributed by atoms with Crippen molar-refractivity contribution in [3.63, 3.8) is 0 Å². The van der Waals surface area contributed by atoms with Crippen molar-refractivity contribution in [2.45, 2.75) is 0 Å². The molecule has 0 aliphatic rings. The molecular weight excluding hydrogens is 226 g/mol. The zero-order valence-corrected chi connectivity index (χ0v) is 9.97. The van der Waals surface area contributed by atoms with Crippen molar-refractivity contribution in [1.82, 2.24) is 10.2 Å². The molecule has 0 aliphatic heterocycles. The van der Waals surface area contributed by atoms with Gasteiger partial charge in [-0.1, -0.05) is 24.3 Å². The van der Waals surface area contributed by atoms with Crippen LogP contribution in [0.3, 0.4) is 0 Å². The molecule has 0 aliphatic carbocycles. The first-order chi connectivity index (χ1) is 8.78. The Morgan fingerprint density at radius 3 is 2.72 bits per heavy atom. The molecule has 0 fully saturated rings. The van der Waals surface area contributed by atoms with Crippen LogP contribution in [-0.4, -0.2) is 17.3 Å². The van der Waals surface area contributed by atoms with E-state index in [2.05, 4.69) is 22.3 Å². The number of ether oxygens (including phenoxy) is 1. The van der Waals surface area contributed by atoms with Gasteiger partial charge in [0.1, 0.15) is 11.6 Å². The molecule has 0 atom stereocenters. The molecule has 3 N–H and O–H groups in total. The molecule has 3 rings (SSSR count). The van der Waals surface area contributed by atoms with E-state index in [9.17, 15) is 0 Å². The summed E-state index contributed by atoms with van der Waals surface area (Å²) < 4.78 is 5.33. The summed E-state index contributed by atoms with van der Waals surface area (Å²) in [5, 5.41) is 9.17. The lowest BCUT2D eigenvalue weighted by atomic mass is 10.0. The van der Waals surface area contributed by atoms with Crippen LogP contribution in [-0.2, 0) is 0 Å². The lowest BCUT2D eigenvalue weighted by Crippen LogP contribution is -1.87. The number of benzene rings is 2. The standard InChI is InChI=1S/C14H13N3O/c1-18-10-6-9-4-2-3-5-11(9)12(7-10)13-8-14(15)17-16-13/h2-8H,1H3,(H3,15,16,17). The lowest BCUT2D eigenvalue weighted by molar-refractivity contribution is 0.415. The van der Waals surface area contributed by atoms with Crippen LogP contribution < -0.4 is 10.5 Å². The number of hydrogen-bond donors (Lipinski definition) is 2. The summed E-state index contributed by atoms with van der Waals surface area (Å²) in [6, 6.07) is 14.0. The average molecular weight is 239 g/mol. The molecule has 90 valence electrons. The van der Waals surface area contributed by atoms with Gasteiger partial charge in [0.05, 0.1) is 12.8 Å². The van der Waals surface area contributed by atoms with Gasteiger partial charge in [-0.2, -0.15) is 5.10 Å². The number of nitrogens with one attached hydrogen (secondary N) is 1. The van der Waals surface area contributed by atoms with E-state index in [0.717, 1.165) is 27.8 Å². The Labute approximate surface area is 104 Å². The van der Waals surface area contributed by atoms with Crippen molar-refractivity contribution in [3.05, 3.63) is 42.5 Å². The Hall–Kier alpha value is -2.49. The largest absolute Gasteiger partial charge is 0.497 e. The summed E-state index contributed by atoms with van der Waals surface area (Å²) in [4.78, 5) is 0. The molecular formula is C14H13N3O. The summed E-state index contributed by atoms with van der Waals surface area (Å²) in [7, 11) is 1.66. The summed E-state index contributed by atoms with van der Waals surface area (Å²) >= 11 is 0. The van der Waals surface area contributed by atoms with Crippen molar-refractivity contribution < 1.29 is 4.74 Å². The second kappa shape index (κ2) is 4.07. The number of hydrogen-bond acceptors (Lipinski definition) is 3. The zero-order valence-electron chi connectivity index (χ0n) is 9.97. The maximum atomic E-state index is 5.66. The predicted molar refractivity (Wildman–Crippen MR) is 72.5 cm³/mol. The fourth-order valence-corrected chi connectivity index (χ4v) is 2.10. The second-order valence-corrected chi connectivity index (χ2v) is 4.10. The van der Waals surface area contributed by atoms with Gasteiger partial charge in [0, 0.05) is 11.6 Å². The van der Waals surface area contributed by atoms with Gasteiger partial charge in [-0.3, -0.25) is 5.10 Å². The zero-order chi connectivity index (χ0) is 12.5. The normalized spacial score (nSPS) is 10.7.